The number of carbonyl (C=O) groups is 1. The van der Waals surface area contributed by atoms with Gasteiger partial charge in [0, 0.05) is 31.3 Å². The van der Waals surface area contributed by atoms with E-state index in [1.165, 1.54) is 32.4 Å². The van der Waals surface area contributed by atoms with Crippen LogP contribution in [0.25, 0.3) is 5.69 Å². The van der Waals surface area contributed by atoms with Crippen LogP contribution < -0.4 is 19.5 Å². The Morgan fingerprint density at radius 1 is 1.03 bits per heavy atom. The Morgan fingerprint density at radius 2 is 1.77 bits per heavy atom. The predicted octanol–water partition coefficient (Wildman–Crippen LogP) is 2.20. The van der Waals surface area contributed by atoms with Crippen molar-refractivity contribution < 1.29 is 22.7 Å². The first-order valence-corrected chi connectivity index (χ1v) is 10.5. The van der Waals surface area contributed by atoms with E-state index in [0.29, 0.717) is 17.3 Å². The lowest BCUT2D eigenvalue weighted by atomic mass is 10.3. The minimum Gasteiger partial charge on any atom is -0.493 e. The molecule has 0 radical (unpaired) electrons. The molecule has 0 saturated carbocycles. The normalized spacial score (nSPS) is 11.1. The SMILES string of the molecule is COc1ccc(S(=O)(=O)NCCC(=O)Nc2ccn(-c3ccccc3)n2)cc1OC. The lowest BCUT2D eigenvalue weighted by Crippen LogP contribution is -2.28. The first-order valence-electron chi connectivity index (χ1n) is 9.05. The summed E-state index contributed by atoms with van der Waals surface area (Å²) < 4.78 is 39.2. The van der Waals surface area contributed by atoms with E-state index in [2.05, 4.69) is 15.1 Å². The quantitative estimate of drug-likeness (QED) is 0.538. The van der Waals surface area contributed by atoms with Gasteiger partial charge in [-0.25, -0.2) is 17.8 Å². The fourth-order valence-electron chi connectivity index (χ4n) is 2.69. The van der Waals surface area contributed by atoms with Gasteiger partial charge in [0.15, 0.2) is 17.3 Å². The van der Waals surface area contributed by atoms with Crippen molar-refractivity contribution in [3.8, 4) is 17.2 Å². The highest BCUT2D eigenvalue weighted by molar-refractivity contribution is 7.89. The van der Waals surface area contributed by atoms with Crippen LogP contribution in [0.15, 0.2) is 65.7 Å². The summed E-state index contributed by atoms with van der Waals surface area (Å²) in [5, 5.41) is 6.93. The number of carbonyl (C=O) groups excluding carboxylic acids is 1. The second kappa shape index (κ2) is 9.42. The van der Waals surface area contributed by atoms with Crippen molar-refractivity contribution in [2.45, 2.75) is 11.3 Å². The lowest BCUT2D eigenvalue weighted by Gasteiger charge is -2.11. The maximum Gasteiger partial charge on any atom is 0.240 e. The van der Waals surface area contributed by atoms with E-state index in [4.69, 9.17) is 9.47 Å². The maximum atomic E-state index is 12.4. The van der Waals surface area contributed by atoms with E-state index < -0.39 is 10.0 Å². The summed E-state index contributed by atoms with van der Waals surface area (Å²) in [6.45, 7) is -0.0676. The van der Waals surface area contributed by atoms with Gasteiger partial charge in [0.2, 0.25) is 15.9 Å². The number of nitrogens with one attached hydrogen (secondary N) is 2. The van der Waals surface area contributed by atoms with Gasteiger partial charge in [-0.3, -0.25) is 4.79 Å². The molecule has 9 nitrogen and oxygen atoms in total. The summed E-state index contributed by atoms with van der Waals surface area (Å²) in [7, 11) is -0.918. The first-order chi connectivity index (χ1) is 14.4. The summed E-state index contributed by atoms with van der Waals surface area (Å²) in [6, 6.07) is 15.4. The second-order valence-electron chi connectivity index (χ2n) is 6.19. The van der Waals surface area contributed by atoms with Gasteiger partial charge in [0.25, 0.3) is 0 Å². The van der Waals surface area contributed by atoms with Gasteiger partial charge in [-0.1, -0.05) is 18.2 Å². The van der Waals surface area contributed by atoms with Crippen molar-refractivity contribution in [3.05, 3.63) is 60.8 Å². The molecule has 1 heterocycles. The average Bonchev–Trinajstić information content (AvgIpc) is 3.22. The number of methoxy groups -OCH3 is 2. The van der Waals surface area contributed by atoms with Gasteiger partial charge >= 0.3 is 0 Å². The number of para-hydroxylation sites is 1. The first kappa shape index (κ1) is 21.3. The molecule has 1 amide bonds. The molecule has 3 aromatic rings. The molecule has 1 aromatic heterocycles. The van der Waals surface area contributed by atoms with E-state index in [0.717, 1.165) is 5.69 Å². The van der Waals surface area contributed by atoms with Crippen molar-refractivity contribution in [1.29, 1.82) is 0 Å². The highest BCUT2D eigenvalue weighted by Gasteiger charge is 2.17. The fraction of sp³-hybridized carbons (Fsp3) is 0.200. The van der Waals surface area contributed by atoms with Crippen molar-refractivity contribution in [3.63, 3.8) is 0 Å². The van der Waals surface area contributed by atoms with Crippen LogP contribution in [0.4, 0.5) is 5.82 Å². The molecule has 10 heteroatoms. The number of anilines is 1. The van der Waals surface area contributed by atoms with Crippen LogP contribution in [0.3, 0.4) is 0 Å². The van der Waals surface area contributed by atoms with Crippen molar-refractivity contribution in [2.24, 2.45) is 0 Å². The van der Waals surface area contributed by atoms with Crippen LogP contribution in [0.5, 0.6) is 11.5 Å². The number of hydrogen-bond acceptors (Lipinski definition) is 6. The molecule has 0 fully saturated rings. The van der Waals surface area contributed by atoms with Crippen LogP contribution in [0.2, 0.25) is 0 Å². The Bertz CT molecular complexity index is 1110. The number of rotatable bonds is 9. The van der Waals surface area contributed by atoms with Gasteiger partial charge < -0.3 is 14.8 Å². The molecule has 0 atom stereocenters. The summed E-state index contributed by atoms with van der Waals surface area (Å²) in [5.74, 6) is 0.743. The van der Waals surface area contributed by atoms with E-state index in [1.54, 1.807) is 16.9 Å². The van der Waals surface area contributed by atoms with Gasteiger partial charge in [-0.2, -0.15) is 5.10 Å². The molecule has 30 heavy (non-hydrogen) atoms. The Labute approximate surface area is 174 Å². The van der Waals surface area contributed by atoms with Gasteiger partial charge in [-0.15, -0.1) is 0 Å². The van der Waals surface area contributed by atoms with Gasteiger partial charge in [0.05, 0.1) is 24.8 Å². The molecule has 0 aliphatic heterocycles. The number of benzene rings is 2. The third-order valence-electron chi connectivity index (χ3n) is 4.19. The Morgan fingerprint density at radius 3 is 2.47 bits per heavy atom. The zero-order chi connectivity index (χ0) is 21.6. The molecule has 0 aliphatic rings. The number of ether oxygens (including phenoxy) is 2. The molecule has 3 rings (SSSR count). The van der Waals surface area contributed by atoms with Crippen molar-refractivity contribution >= 4 is 21.7 Å². The van der Waals surface area contributed by atoms with Crippen molar-refractivity contribution in [2.75, 3.05) is 26.1 Å². The molecule has 0 spiro atoms. The maximum absolute atomic E-state index is 12.4. The zero-order valence-electron chi connectivity index (χ0n) is 16.5. The molecule has 0 saturated heterocycles. The van der Waals surface area contributed by atoms with Crippen LogP contribution in [0, 0.1) is 0 Å². The summed E-state index contributed by atoms with van der Waals surface area (Å²) in [6.07, 6.45) is 1.68. The summed E-state index contributed by atoms with van der Waals surface area (Å²) in [4.78, 5) is 12.1. The third-order valence-corrected chi connectivity index (χ3v) is 5.65. The molecule has 2 aromatic carbocycles. The van der Waals surface area contributed by atoms with Crippen LogP contribution in [0.1, 0.15) is 6.42 Å². The number of hydrogen-bond donors (Lipinski definition) is 2. The predicted molar refractivity (Wildman–Crippen MR) is 112 cm³/mol. The van der Waals surface area contributed by atoms with E-state index >= 15 is 0 Å². The lowest BCUT2D eigenvalue weighted by molar-refractivity contribution is -0.116. The standard InChI is InChI=1S/C20H22N4O5S/c1-28-17-9-8-16(14-18(17)29-2)30(26,27)21-12-10-20(25)22-19-11-13-24(23-19)15-6-4-3-5-7-15/h3-9,11,13-14,21H,10,12H2,1-2H3,(H,22,23,25). The fourth-order valence-corrected chi connectivity index (χ4v) is 3.73. The monoisotopic (exact) mass is 430 g/mol. The number of aromatic nitrogens is 2. The van der Waals surface area contributed by atoms with Crippen LogP contribution in [-0.2, 0) is 14.8 Å². The van der Waals surface area contributed by atoms with E-state index in [9.17, 15) is 13.2 Å². The third kappa shape index (κ3) is 5.16. The molecule has 0 bridgehead atoms. The highest BCUT2D eigenvalue weighted by Crippen LogP contribution is 2.29. The molecule has 2 N–H and O–H groups in total. The van der Waals surface area contributed by atoms with Gasteiger partial charge in [0.1, 0.15) is 0 Å². The summed E-state index contributed by atoms with van der Waals surface area (Å²) >= 11 is 0. The Hall–Kier alpha value is -3.37. The minimum atomic E-state index is -3.80. The molecular weight excluding hydrogens is 408 g/mol. The number of amides is 1. The highest BCUT2D eigenvalue weighted by atomic mass is 32.2. The average molecular weight is 430 g/mol. The molecular formula is C20H22N4O5S. The summed E-state index contributed by atoms with van der Waals surface area (Å²) in [5.41, 5.74) is 0.862. The van der Waals surface area contributed by atoms with Gasteiger partial charge in [-0.05, 0) is 24.3 Å². The Balaban J connectivity index is 1.55. The molecule has 0 aliphatic carbocycles. The number of sulfonamides is 1. The van der Waals surface area contributed by atoms with Crippen molar-refractivity contribution in [1.82, 2.24) is 14.5 Å². The van der Waals surface area contributed by atoms with Crippen LogP contribution >= 0.6 is 0 Å². The molecule has 158 valence electrons. The Kier molecular flexibility index (Phi) is 6.70. The smallest absolute Gasteiger partial charge is 0.240 e. The minimum absolute atomic E-state index is 0.0159. The number of nitrogens with zero attached hydrogens (tertiary/aromatic N) is 2. The van der Waals surface area contributed by atoms with E-state index in [1.807, 2.05) is 30.3 Å². The zero-order valence-corrected chi connectivity index (χ0v) is 17.3. The van der Waals surface area contributed by atoms with E-state index in [-0.39, 0.29) is 23.8 Å². The second-order valence-corrected chi connectivity index (χ2v) is 7.96. The molecule has 0 unspecified atom stereocenters. The topological polar surface area (TPSA) is 112 Å². The van der Waals surface area contributed by atoms with Crippen LogP contribution in [-0.4, -0.2) is 44.9 Å². The largest absolute Gasteiger partial charge is 0.493 e.